The number of anilines is 3. The molecule has 7 nitrogen and oxygen atoms in total. The molecule has 1 aliphatic heterocycles. The van der Waals surface area contributed by atoms with E-state index < -0.39 is 5.82 Å². The molecule has 3 aromatic rings. The minimum atomic E-state index is -0.460. The van der Waals surface area contributed by atoms with Crippen LogP contribution in [0.5, 0.6) is 5.75 Å². The van der Waals surface area contributed by atoms with Gasteiger partial charge in [-0.15, -0.1) is 11.3 Å². The molecular formula is C22H26FN5O2S2. The lowest BCUT2D eigenvalue weighted by atomic mass is 10.0. The van der Waals surface area contributed by atoms with Crippen molar-refractivity contribution in [2.45, 2.75) is 13.3 Å². The van der Waals surface area contributed by atoms with Gasteiger partial charge in [-0.1, -0.05) is 18.9 Å². The summed E-state index contributed by atoms with van der Waals surface area (Å²) in [6.45, 7) is 5.16. The van der Waals surface area contributed by atoms with Crippen LogP contribution >= 0.6 is 23.3 Å². The molecule has 0 amide bonds. The van der Waals surface area contributed by atoms with Gasteiger partial charge in [-0.2, -0.15) is 0 Å². The number of pyridine rings is 1. The van der Waals surface area contributed by atoms with Crippen LogP contribution in [0.2, 0.25) is 0 Å². The number of ether oxygens (including phenoxy) is 2. The van der Waals surface area contributed by atoms with E-state index in [4.69, 9.17) is 20.2 Å². The second-order valence-corrected chi connectivity index (χ2v) is 9.00. The van der Waals surface area contributed by atoms with Crippen LogP contribution in [0.3, 0.4) is 0 Å². The van der Waals surface area contributed by atoms with E-state index in [9.17, 15) is 4.39 Å². The number of halogens is 1. The third-order valence-corrected chi connectivity index (χ3v) is 6.91. The standard InChI is InChI=1S/C22H26FN5O2S2/c1-3-8-32-27-18-11-14(10-17(23)20(18)29-2)16-9-15(12-25-21(16)24)19-13-31-22(26-19)28-4-6-30-7-5-28/h9-13,27H,3-8H2,1-2H3,(H2,24,25). The van der Waals surface area contributed by atoms with E-state index in [2.05, 4.69) is 21.5 Å². The van der Waals surface area contributed by atoms with Gasteiger partial charge in [-0.25, -0.2) is 14.4 Å². The lowest BCUT2D eigenvalue weighted by Crippen LogP contribution is -2.36. The summed E-state index contributed by atoms with van der Waals surface area (Å²) in [5.74, 6) is 0.935. The fourth-order valence-corrected chi connectivity index (χ4v) is 4.91. The predicted octanol–water partition coefficient (Wildman–Crippen LogP) is 4.91. The maximum absolute atomic E-state index is 14.8. The first-order chi connectivity index (χ1) is 15.6. The van der Waals surface area contributed by atoms with Crippen molar-refractivity contribution >= 4 is 39.9 Å². The molecule has 1 aromatic carbocycles. The summed E-state index contributed by atoms with van der Waals surface area (Å²) in [5.41, 5.74) is 9.66. The quantitative estimate of drug-likeness (QED) is 0.351. The number of hydrogen-bond donors (Lipinski definition) is 2. The molecular weight excluding hydrogens is 449 g/mol. The number of aromatic nitrogens is 2. The average molecular weight is 476 g/mol. The number of nitrogens with one attached hydrogen (secondary N) is 1. The number of nitrogen functional groups attached to an aromatic ring is 1. The molecule has 3 heterocycles. The smallest absolute Gasteiger partial charge is 0.186 e. The Hall–Kier alpha value is -2.56. The van der Waals surface area contributed by atoms with Crippen molar-refractivity contribution in [3.8, 4) is 28.1 Å². The molecule has 1 aliphatic rings. The van der Waals surface area contributed by atoms with Crippen LogP contribution in [0, 0.1) is 5.82 Å². The van der Waals surface area contributed by atoms with Gasteiger partial charge in [0, 0.05) is 41.5 Å². The topological polar surface area (TPSA) is 85.5 Å². The summed E-state index contributed by atoms with van der Waals surface area (Å²) in [4.78, 5) is 11.4. The highest BCUT2D eigenvalue weighted by Gasteiger charge is 2.18. The van der Waals surface area contributed by atoms with Gasteiger partial charge in [0.05, 0.1) is 31.7 Å². The summed E-state index contributed by atoms with van der Waals surface area (Å²) >= 11 is 3.09. The molecule has 10 heteroatoms. The third-order valence-electron chi connectivity index (χ3n) is 5.03. The van der Waals surface area contributed by atoms with Crippen molar-refractivity contribution in [3.63, 3.8) is 0 Å². The van der Waals surface area contributed by atoms with Gasteiger partial charge < -0.3 is 24.8 Å². The Morgan fingerprint density at radius 1 is 1.28 bits per heavy atom. The zero-order valence-electron chi connectivity index (χ0n) is 18.1. The third kappa shape index (κ3) is 4.92. The molecule has 0 bridgehead atoms. The SMILES string of the molecule is CCCSNc1cc(-c2cc(-c3csc(N4CCOCC4)n3)cnc2N)cc(F)c1OC. The highest BCUT2D eigenvalue weighted by molar-refractivity contribution is 8.00. The van der Waals surface area contributed by atoms with Gasteiger partial charge in [-0.05, 0) is 30.2 Å². The Balaban J connectivity index is 1.66. The van der Waals surface area contributed by atoms with Gasteiger partial charge >= 0.3 is 0 Å². The van der Waals surface area contributed by atoms with Crippen LogP contribution in [0.4, 0.5) is 21.0 Å². The van der Waals surface area contributed by atoms with Crippen LogP contribution in [-0.2, 0) is 4.74 Å². The summed E-state index contributed by atoms with van der Waals surface area (Å²) in [6, 6.07) is 5.17. The lowest BCUT2D eigenvalue weighted by molar-refractivity contribution is 0.122. The number of nitrogens with two attached hydrogens (primary N) is 1. The monoisotopic (exact) mass is 475 g/mol. The van der Waals surface area contributed by atoms with Crippen LogP contribution < -0.4 is 20.1 Å². The second-order valence-electron chi connectivity index (χ2n) is 7.26. The zero-order chi connectivity index (χ0) is 22.5. The largest absolute Gasteiger partial charge is 0.492 e. The van der Waals surface area contributed by atoms with Gasteiger partial charge in [0.1, 0.15) is 5.82 Å². The van der Waals surface area contributed by atoms with Crippen LogP contribution in [0.15, 0.2) is 29.8 Å². The molecule has 170 valence electrons. The van der Waals surface area contributed by atoms with Crippen molar-refractivity contribution < 1.29 is 13.9 Å². The summed E-state index contributed by atoms with van der Waals surface area (Å²) in [7, 11) is 1.46. The number of methoxy groups -OCH3 is 1. The van der Waals surface area contributed by atoms with E-state index in [0.717, 1.165) is 41.7 Å². The molecule has 1 fully saturated rings. The minimum absolute atomic E-state index is 0.176. The van der Waals surface area contributed by atoms with E-state index in [0.29, 0.717) is 35.8 Å². The number of thiazole rings is 1. The normalized spacial score (nSPS) is 13.9. The Morgan fingerprint density at radius 2 is 2.09 bits per heavy atom. The summed E-state index contributed by atoms with van der Waals surface area (Å²) in [6.07, 6.45) is 2.70. The number of rotatable bonds is 8. The Labute approximate surface area is 195 Å². The molecule has 2 aromatic heterocycles. The van der Waals surface area contributed by atoms with Crippen LogP contribution in [0.1, 0.15) is 13.3 Å². The number of morpholine rings is 1. The molecule has 1 saturated heterocycles. The first-order valence-electron chi connectivity index (χ1n) is 10.4. The van der Waals surface area contributed by atoms with E-state index in [1.54, 1.807) is 17.5 Å². The van der Waals surface area contributed by atoms with Crippen molar-refractivity contribution in [2.75, 3.05) is 54.5 Å². The Bertz CT molecular complexity index is 1070. The highest BCUT2D eigenvalue weighted by atomic mass is 32.2. The maximum Gasteiger partial charge on any atom is 0.186 e. The summed E-state index contributed by atoms with van der Waals surface area (Å²) < 4.78 is 28.7. The van der Waals surface area contributed by atoms with Gasteiger partial charge in [0.2, 0.25) is 0 Å². The molecule has 0 spiro atoms. The van der Waals surface area contributed by atoms with Crippen molar-refractivity contribution in [1.29, 1.82) is 0 Å². The van der Waals surface area contributed by atoms with Crippen molar-refractivity contribution in [2.24, 2.45) is 0 Å². The molecule has 0 unspecified atom stereocenters. The van der Waals surface area contributed by atoms with E-state index in [1.165, 1.54) is 25.1 Å². The zero-order valence-corrected chi connectivity index (χ0v) is 19.7. The van der Waals surface area contributed by atoms with E-state index >= 15 is 0 Å². The molecule has 0 radical (unpaired) electrons. The van der Waals surface area contributed by atoms with E-state index in [1.807, 2.05) is 17.5 Å². The Morgan fingerprint density at radius 3 is 2.84 bits per heavy atom. The van der Waals surface area contributed by atoms with Gasteiger partial charge in [-0.3, -0.25) is 0 Å². The van der Waals surface area contributed by atoms with Crippen LogP contribution in [-0.4, -0.2) is 49.1 Å². The molecule has 0 atom stereocenters. The number of nitrogens with zero attached hydrogens (tertiary/aromatic N) is 3. The lowest BCUT2D eigenvalue weighted by Gasteiger charge is -2.26. The molecule has 0 aliphatic carbocycles. The second kappa shape index (κ2) is 10.4. The van der Waals surface area contributed by atoms with Crippen LogP contribution in [0.25, 0.3) is 22.4 Å². The van der Waals surface area contributed by atoms with E-state index in [-0.39, 0.29) is 5.75 Å². The minimum Gasteiger partial charge on any atom is -0.492 e. The molecule has 4 rings (SSSR count). The van der Waals surface area contributed by atoms with Crippen molar-refractivity contribution in [1.82, 2.24) is 9.97 Å². The molecule has 3 N–H and O–H groups in total. The maximum atomic E-state index is 14.8. The Kier molecular flexibility index (Phi) is 7.33. The molecule has 0 saturated carbocycles. The fraction of sp³-hybridized carbons (Fsp3) is 0.364. The number of hydrogen-bond acceptors (Lipinski definition) is 9. The molecule has 32 heavy (non-hydrogen) atoms. The first kappa shape index (κ1) is 22.6. The van der Waals surface area contributed by atoms with Gasteiger partial charge in [0.15, 0.2) is 16.7 Å². The number of benzene rings is 1. The summed E-state index contributed by atoms with van der Waals surface area (Å²) in [5, 5.41) is 2.96. The van der Waals surface area contributed by atoms with Gasteiger partial charge in [0.25, 0.3) is 0 Å². The average Bonchev–Trinajstić information content (AvgIpc) is 3.30. The van der Waals surface area contributed by atoms with Crippen molar-refractivity contribution in [3.05, 3.63) is 35.6 Å². The fourth-order valence-electron chi connectivity index (χ4n) is 3.41. The first-order valence-corrected chi connectivity index (χ1v) is 12.3. The predicted molar refractivity (Wildman–Crippen MR) is 131 cm³/mol. The highest BCUT2D eigenvalue weighted by Crippen LogP contribution is 2.38.